The maximum Gasteiger partial charge on any atom is 0.243 e. The zero-order valence-electron chi connectivity index (χ0n) is 11.4. The van der Waals surface area contributed by atoms with Gasteiger partial charge in [-0.1, -0.05) is 12.1 Å². The molecule has 0 atom stereocenters. The molecule has 1 aromatic heterocycles. The molecule has 0 aliphatic rings. The molecule has 0 unspecified atom stereocenters. The summed E-state index contributed by atoms with van der Waals surface area (Å²) < 4.78 is 1.74. The van der Waals surface area contributed by atoms with Gasteiger partial charge in [0.1, 0.15) is 0 Å². The van der Waals surface area contributed by atoms with Crippen molar-refractivity contribution in [1.82, 2.24) is 15.1 Å². The molecule has 0 aliphatic carbocycles. The molecule has 0 fully saturated rings. The van der Waals surface area contributed by atoms with Gasteiger partial charge in [-0.25, -0.2) is 4.68 Å². The summed E-state index contributed by atoms with van der Waals surface area (Å²) in [6, 6.07) is 9.25. The van der Waals surface area contributed by atoms with Gasteiger partial charge in [-0.2, -0.15) is 5.10 Å². The largest absolute Gasteiger partial charge is 0.347 e. The lowest BCUT2D eigenvalue weighted by atomic mass is 10.2. The van der Waals surface area contributed by atoms with Gasteiger partial charge in [-0.05, 0) is 25.1 Å². The summed E-state index contributed by atoms with van der Waals surface area (Å²) in [5.74, 6) is -0.520. The number of nitrogens with zero attached hydrogens (tertiary/aromatic N) is 2. The Bertz CT molecular complexity index is 634. The Morgan fingerprint density at radius 3 is 2.65 bits per heavy atom. The third-order valence-electron chi connectivity index (χ3n) is 2.74. The van der Waals surface area contributed by atoms with Crippen LogP contribution in [-0.2, 0) is 9.59 Å². The van der Waals surface area contributed by atoms with Gasteiger partial charge < -0.3 is 10.6 Å². The van der Waals surface area contributed by atoms with E-state index in [9.17, 15) is 9.59 Å². The van der Waals surface area contributed by atoms with Crippen LogP contribution >= 0.6 is 0 Å². The highest BCUT2D eigenvalue weighted by molar-refractivity contribution is 5.95. The Balaban J connectivity index is 2.19. The highest BCUT2D eigenvalue weighted by atomic mass is 16.2. The molecule has 0 bridgehead atoms. The first-order valence-electron chi connectivity index (χ1n) is 6.22. The Kier molecular flexibility index (Phi) is 4.14. The van der Waals surface area contributed by atoms with E-state index in [-0.39, 0.29) is 18.4 Å². The van der Waals surface area contributed by atoms with E-state index in [2.05, 4.69) is 15.7 Å². The molecular formula is C14H16N4O2. The van der Waals surface area contributed by atoms with Crippen molar-refractivity contribution in [2.45, 2.75) is 13.8 Å². The molecule has 6 heteroatoms. The molecule has 0 spiro atoms. The number of aromatic nitrogens is 2. The first kappa shape index (κ1) is 13.8. The summed E-state index contributed by atoms with van der Waals surface area (Å²) in [5, 5.41) is 9.45. The highest BCUT2D eigenvalue weighted by Gasteiger charge is 2.09. The van der Waals surface area contributed by atoms with Crippen LogP contribution in [-0.4, -0.2) is 28.1 Å². The van der Waals surface area contributed by atoms with Crippen LogP contribution in [0.2, 0.25) is 0 Å². The van der Waals surface area contributed by atoms with Crippen LogP contribution < -0.4 is 10.6 Å². The highest BCUT2D eigenvalue weighted by Crippen LogP contribution is 2.20. The first-order valence-corrected chi connectivity index (χ1v) is 6.22. The average molecular weight is 272 g/mol. The topological polar surface area (TPSA) is 76.0 Å². The van der Waals surface area contributed by atoms with Crippen molar-refractivity contribution in [1.29, 1.82) is 0 Å². The summed E-state index contributed by atoms with van der Waals surface area (Å²) in [5.41, 5.74) is 2.40. The predicted octanol–water partition coefficient (Wildman–Crippen LogP) is 1.26. The number of carbonyl (C=O) groups excluding carboxylic acids is 2. The van der Waals surface area contributed by atoms with Gasteiger partial charge in [0.2, 0.25) is 11.8 Å². The van der Waals surface area contributed by atoms with Crippen LogP contribution in [0.25, 0.3) is 5.69 Å². The molecule has 2 N–H and O–H groups in total. The van der Waals surface area contributed by atoms with Crippen LogP contribution in [0, 0.1) is 6.92 Å². The van der Waals surface area contributed by atoms with Crippen molar-refractivity contribution < 1.29 is 9.59 Å². The molecule has 1 aromatic carbocycles. The van der Waals surface area contributed by atoms with E-state index < -0.39 is 0 Å². The minimum absolute atomic E-state index is 0.0538. The second-order valence-electron chi connectivity index (χ2n) is 4.36. The predicted molar refractivity (Wildman–Crippen MR) is 75.6 cm³/mol. The van der Waals surface area contributed by atoms with E-state index in [1.807, 2.05) is 31.2 Å². The Morgan fingerprint density at radius 1 is 1.25 bits per heavy atom. The van der Waals surface area contributed by atoms with Gasteiger partial charge in [0, 0.05) is 18.8 Å². The first-order chi connectivity index (χ1) is 9.58. The molecule has 2 aromatic rings. The van der Waals surface area contributed by atoms with E-state index in [0.29, 0.717) is 5.69 Å². The second-order valence-corrected chi connectivity index (χ2v) is 4.36. The summed E-state index contributed by atoms with van der Waals surface area (Å²) in [4.78, 5) is 22.6. The van der Waals surface area contributed by atoms with Gasteiger partial charge in [0.05, 0.1) is 17.9 Å². The smallest absolute Gasteiger partial charge is 0.243 e. The number of hydrogen-bond donors (Lipinski definition) is 2. The van der Waals surface area contributed by atoms with Crippen molar-refractivity contribution in [2.24, 2.45) is 0 Å². The van der Waals surface area contributed by atoms with Crippen molar-refractivity contribution in [3.63, 3.8) is 0 Å². The lowest BCUT2D eigenvalue weighted by molar-refractivity contribution is -0.122. The molecule has 6 nitrogen and oxygen atoms in total. The van der Waals surface area contributed by atoms with Gasteiger partial charge >= 0.3 is 0 Å². The zero-order chi connectivity index (χ0) is 14.5. The van der Waals surface area contributed by atoms with Gasteiger partial charge in [0.25, 0.3) is 0 Å². The number of rotatable bonds is 4. The minimum atomic E-state index is -0.280. The number of aryl methyl sites for hydroxylation is 1. The standard InChI is InChI=1S/C14H16N4O2/c1-10-7-8-16-18(10)13-6-4-3-5-12(13)17-14(20)9-15-11(2)19/h3-8H,9H2,1-2H3,(H,15,19)(H,17,20). The van der Waals surface area contributed by atoms with E-state index in [4.69, 9.17) is 0 Å². The fourth-order valence-corrected chi connectivity index (χ4v) is 1.78. The Morgan fingerprint density at radius 2 is 2.00 bits per heavy atom. The number of hydrogen-bond acceptors (Lipinski definition) is 3. The number of para-hydroxylation sites is 2. The van der Waals surface area contributed by atoms with E-state index in [1.54, 1.807) is 16.9 Å². The molecule has 0 aliphatic heterocycles. The summed E-state index contributed by atoms with van der Waals surface area (Å²) in [7, 11) is 0. The second kappa shape index (κ2) is 6.01. The van der Waals surface area contributed by atoms with Crippen LogP contribution in [0.1, 0.15) is 12.6 Å². The van der Waals surface area contributed by atoms with Crippen molar-refractivity contribution in [3.05, 3.63) is 42.2 Å². The number of benzene rings is 1. The molecule has 2 amide bonds. The molecule has 20 heavy (non-hydrogen) atoms. The summed E-state index contributed by atoms with van der Waals surface area (Å²) in [6.45, 7) is 3.25. The number of anilines is 1. The average Bonchev–Trinajstić information content (AvgIpc) is 2.83. The van der Waals surface area contributed by atoms with Crippen molar-refractivity contribution in [3.8, 4) is 5.69 Å². The summed E-state index contributed by atoms with van der Waals surface area (Å²) in [6.07, 6.45) is 1.70. The number of nitrogens with one attached hydrogen (secondary N) is 2. The van der Waals surface area contributed by atoms with Crippen molar-refractivity contribution >= 4 is 17.5 Å². The van der Waals surface area contributed by atoms with E-state index >= 15 is 0 Å². The van der Waals surface area contributed by atoms with Crippen LogP contribution in [0.4, 0.5) is 5.69 Å². The molecule has 0 saturated carbocycles. The van der Waals surface area contributed by atoms with Crippen LogP contribution in [0.3, 0.4) is 0 Å². The molecule has 0 radical (unpaired) electrons. The minimum Gasteiger partial charge on any atom is -0.347 e. The maximum atomic E-state index is 11.8. The quantitative estimate of drug-likeness (QED) is 0.879. The van der Waals surface area contributed by atoms with Gasteiger partial charge in [-0.15, -0.1) is 0 Å². The fourth-order valence-electron chi connectivity index (χ4n) is 1.78. The lowest BCUT2D eigenvalue weighted by Crippen LogP contribution is -2.31. The molecule has 104 valence electrons. The zero-order valence-corrected chi connectivity index (χ0v) is 11.4. The third kappa shape index (κ3) is 3.23. The molecule has 2 rings (SSSR count). The molecule has 1 heterocycles. The van der Waals surface area contributed by atoms with Crippen LogP contribution in [0.5, 0.6) is 0 Å². The monoisotopic (exact) mass is 272 g/mol. The van der Waals surface area contributed by atoms with Gasteiger partial charge in [0.15, 0.2) is 0 Å². The molecular weight excluding hydrogens is 256 g/mol. The van der Waals surface area contributed by atoms with E-state index in [0.717, 1.165) is 11.4 Å². The van der Waals surface area contributed by atoms with E-state index in [1.165, 1.54) is 6.92 Å². The number of amides is 2. The fraction of sp³-hybridized carbons (Fsp3) is 0.214. The SMILES string of the molecule is CC(=O)NCC(=O)Nc1ccccc1-n1nccc1C. The van der Waals surface area contributed by atoms with Crippen molar-refractivity contribution in [2.75, 3.05) is 11.9 Å². The Hall–Kier alpha value is -2.63. The van der Waals surface area contributed by atoms with Gasteiger partial charge in [-0.3, -0.25) is 9.59 Å². The number of carbonyl (C=O) groups is 2. The Labute approximate surface area is 116 Å². The van der Waals surface area contributed by atoms with Crippen LogP contribution in [0.15, 0.2) is 36.5 Å². The summed E-state index contributed by atoms with van der Waals surface area (Å²) >= 11 is 0. The normalized spacial score (nSPS) is 10.1. The lowest BCUT2D eigenvalue weighted by Gasteiger charge is -2.12. The maximum absolute atomic E-state index is 11.8. The third-order valence-corrected chi connectivity index (χ3v) is 2.74. The molecule has 0 saturated heterocycles.